The maximum absolute atomic E-state index is 10.8. The van der Waals surface area contributed by atoms with Crippen LogP contribution in [-0.4, -0.2) is 26.1 Å². The lowest BCUT2D eigenvalue weighted by Gasteiger charge is -2.00. The van der Waals surface area contributed by atoms with Crippen molar-refractivity contribution in [2.75, 3.05) is 11.9 Å². The SMILES string of the molecule is Cc1nsc(NCCCc2cc(=O)[nH][nH]2)n1. The van der Waals surface area contributed by atoms with E-state index in [2.05, 4.69) is 24.9 Å². The Bertz CT molecular complexity index is 500. The third-order valence-electron chi connectivity index (χ3n) is 2.08. The summed E-state index contributed by atoms with van der Waals surface area (Å²) in [5.74, 6) is 0.794. The van der Waals surface area contributed by atoms with E-state index in [1.54, 1.807) is 6.07 Å². The molecule has 0 aliphatic heterocycles. The van der Waals surface area contributed by atoms with Crippen LogP contribution in [0, 0.1) is 6.92 Å². The molecular formula is C9H13N5OS. The molecule has 0 bridgehead atoms. The Morgan fingerprint density at radius 3 is 3.00 bits per heavy atom. The standard InChI is InChI=1S/C9H13N5OS/c1-6-11-9(16-14-6)10-4-2-3-7-5-8(15)13-12-7/h5H,2-4H2,1H3,(H,10,11,14)(H2,12,13,15). The predicted molar refractivity (Wildman–Crippen MR) is 62.9 cm³/mol. The Hall–Kier alpha value is -1.63. The summed E-state index contributed by atoms with van der Waals surface area (Å²) >= 11 is 1.36. The lowest BCUT2D eigenvalue weighted by Crippen LogP contribution is -2.02. The topological polar surface area (TPSA) is 86.5 Å². The molecule has 0 fully saturated rings. The molecule has 0 aromatic carbocycles. The van der Waals surface area contributed by atoms with E-state index in [4.69, 9.17) is 0 Å². The quantitative estimate of drug-likeness (QED) is 0.677. The average Bonchev–Trinajstić information content (AvgIpc) is 2.83. The fourth-order valence-corrected chi connectivity index (χ4v) is 1.95. The van der Waals surface area contributed by atoms with Gasteiger partial charge in [0.1, 0.15) is 5.82 Å². The van der Waals surface area contributed by atoms with E-state index in [0.29, 0.717) is 0 Å². The van der Waals surface area contributed by atoms with Gasteiger partial charge in [-0.15, -0.1) is 0 Å². The van der Waals surface area contributed by atoms with E-state index >= 15 is 0 Å². The summed E-state index contributed by atoms with van der Waals surface area (Å²) in [5, 5.41) is 9.36. The zero-order valence-corrected chi connectivity index (χ0v) is 9.73. The number of hydrogen-bond donors (Lipinski definition) is 3. The van der Waals surface area contributed by atoms with E-state index in [-0.39, 0.29) is 5.56 Å². The molecule has 0 saturated carbocycles. The molecule has 86 valence electrons. The minimum absolute atomic E-state index is 0.0808. The zero-order valence-electron chi connectivity index (χ0n) is 8.91. The highest BCUT2D eigenvalue weighted by atomic mass is 32.1. The van der Waals surface area contributed by atoms with Crippen LogP contribution < -0.4 is 10.9 Å². The highest BCUT2D eigenvalue weighted by Crippen LogP contribution is 2.09. The second kappa shape index (κ2) is 4.93. The van der Waals surface area contributed by atoms with Gasteiger partial charge in [0.25, 0.3) is 5.56 Å². The third-order valence-corrected chi connectivity index (χ3v) is 2.84. The van der Waals surface area contributed by atoms with Gasteiger partial charge >= 0.3 is 0 Å². The van der Waals surface area contributed by atoms with Gasteiger partial charge in [-0.05, 0) is 19.8 Å². The number of nitrogens with one attached hydrogen (secondary N) is 3. The molecule has 0 saturated heterocycles. The van der Waals surface area contributed by atoms with Gasteiger partial charge in [-0.3, -0.25) is 9.89 Å². The number of anilines is 1. The lowest BCUT2D eigenvalue weighted by molar-refractivity contribution is 0.825. The molecule has 7 heteroatoms. The summed E-state index contributed by atoms with van der Waals surface area (Å²) in [6.07, 6.45) is 1.77. The van der Waals surface area contributed by atoms with Crippen molar-refractivity contribution in [2.24, 2.45) is 0 Å². The molecular weight excluding hydrogens is 226 g/mol. The summed E-state index contributed by atoms with van der Waals surface area (Å²) < 4.78 is 4.07. The fourth-order valence-electron chi connectivity index (χ4n) is 1.35. The molecule has 2 aromatic heterocycles. The largest absolute Gasteiger partial charge is 0.360 e. The Morgan fingerprint density at radius 2 is 2.38 bits per heavy atom. The van der Waals surface area contributed by atoms with Gasteiger partial charge in [0.2, 0.25) is 5.13 Å². The highest BCUT2D eigenvalue weighted by molar-refractivity contribution is 7.09. The highest BCUT2D eigenvalue weighted by Gasteiger charge is 1.99. The molecule has 0 spiro atoms. The molecule has 0 atom stereocenters. The smallest absolute Gasteiger partial charge is 0.264 e. The summed E-state index contributed by atoms with van der Waals surface area (Å²) in [6, 6.07) is 1.58. The Balaban J connectivity index is 1.71. The first-order chi connectivity index (χ1) is 7.74. The van der Waals surface area contributed by atoms with Gasteiger partial charge in [0, 0.05) is 29.8 Å². The van der Waals surface area contributed by atoms with Crippen molar-refractivity contribution in [1.82, 2.24) is 19.6 Å². The summed E-state index contributed by atoms with van der Waals surface area (Å²) in [6.45, 7) is 2.69. The van der Waals surface area contributed by atoms with Crippen LogP contribution in [-0.2, 0) is 6.42 Å². The van der Waals surface area contributed by atoms with Gasteiger partial charge in [0.15, 0.2) is 0 Å². The molecule has 0 aliphatic rings. The average molecular weight is 239 g/mol. The van der Waals surface area contributed by atoms with Crippen LogP contribution >= 0.6 is 11.5 Å². The Labute approximate surface area is 96.3 Å². The van der Waals surface area contributed by atoms with Gasteiger partial charge in [-0.25, -0.2) is 4.98 Å². The monoisotopic (exact) mass is 239 g/mol. The fraction of sp³-hybridized carbons (Fsp3) is 0.444. The van der Waals surface area contributed by atoms with Gasteiger partial charge in [-0.1, -0.05) is 0 Å². The molecule has 16 heavy (non-hydrogen) atoms. The minimum Gasteiger partial charge on any atom is -0.360 e. The molecule has 3 N–H and O–H groups in total. The molecule has 0 unspecified atom stereocenters. The molecule has 0 aliphatic carbocycles. The number of nitrogens with zero attached hydrogens (tertiary/aromatic N) is 2. The van der Waals surface area contributed by atoms with Gasteiger partial charge in [0.05, 0.1) is 0 Å². The maximum atomic E-state index is 10.8. The van der Waals surface area contributed by atoms with Crippen molar-refractivity contribution in [3.05, 3.63) is 27.9 Å². The van der Waals surface area contributed by atoms with E-state index in [9.17, 15) is 4.79 Å². The molecule has 2 heterocycles. The van der Waals surface area contributed by atoms with Crippen molar-refractivity contribution in [1.29, 1.82) is 0 Å². The minimum atomic E-state index is -0.0808. The number of aryl methyl sites for hydroxylation is 2. The van der Waals surface area contributed by atoms with Gasteiger partial charge < -0.3 is 10.4 Å². The summed E-state index contributed by atoms with van der Waals surface area (Å²) in [7, 11) is 0. The van der Waals surface area contributed by atoms with Gasteiger partial charge in [-0.2, -0.15) is 4.37 Å². The molecule has 2 rings (SSSR count). The van der Waals surface area contributed by atoms with Crippen LogP contribution in [0.1, 0.15) is 17.9 Å². The molecule has 0 radical (unpaired) electrons. The van der Waals surface area contributed by atoms with E-state index in [1.165, 1.54) is 11.5 Å². The van der Waals surface area contributed by atoms with Crippen LogP contribution in [0.3, 0.4) is 0 Å². The van der Waals surface area contributed by atoms with Crippen molar-refractivity contribution < 1.29 is 0 Å². The Kier molecular flexibility index (Phi) is 3.35. The van der Waals surface area contributed by atoms with Crippen molar-refractivity contribution in [2.45, 2.75) is 19.8 Å². The molecule has 6 nitrogen and oxygen atoms in total. The maximum Gasteiger partial charge on any atom is 0.264 e. The van der Waals surface area contributed by atoms with E-state index in [1.807, 2.05) is 6.92 Å². The third kappa shape index (κ3) is 2.93. The number of H-pyrrole nitrogens is 2. The lowest BCUT2D eigenvalue weighted by atomic mass is 10.2. The van der Waals surface area contributed by atoms with E-state index < -0.39 is 0 Å². The van der Waals surface area contributed by atoms with Crippen molar-refractivity contribution in [3.8, 4) is 0 Å². The summed E-state index contributed by atoms with van der Waals surface area (Å²) in [5.41, 5.74) is 0.850. The van der Waals surface area contributed by atoms with Crippen LogP contribution in [0.2, 0.25) is 0 Å². The number of hydrogen-bond acceptors (Lipinski definition) is 5. The second-order valence-electron chi connectivity index (χ2n) is 3.46. The number of aromatic nitrogens is 4. The summed E-state index contributed by atoms with van der Waals surface area (Å²) in [4.78, 5) is 15.0. The second-order valence-corrected chi connectivity index (χ2v) is 4.21. The number of rotatable bonds is 5. The first kappa shape index (κ1) is 10.9. The number of aromatic amines is 2. The van der Waals surface area contributed by atoms with Crippen LogP contribution in [0.5, 0.6) is 0 Å². The predicted octanol–water partition coefficient (Wildman–Crippen LogP) is 0.908. The molecule has 2 aromatic rings. The molecule has 0 amide bonds. The first-order valence-corrected chi connectivity index (χ1v) is 5.82. The normalized spacial score (nSPS) is 10.6. The zero-order chi connectivity index (χ0) is 11.4. The van der Waals surface area contributed by atoms with Crippen molar-refractivity contribution in [3.63, 3.8) is 0 Å². The van der Waals surface area contributed by atoms with Crippen LogP contribution in [0.4, 0.5) is 5.13 Å². The van der Waals surface area contributed by atoms with Crippen LogP contribution in [0.15, 0.2) is 10.9 Å². The van der Waals surface area contributed by atoms with Crippen molar-refractivity contribution >= 4 is 16.7 Å². The first-order valence-electron chi connectivity index (χ1n) is 5.05. The Morgan fingerprint density at radius 1 is 1.50 bits per heavy atom. The van der Waals surface area contributed by atoms with Crippen LogP contribution in [0.25, 0.3) is 0 Å². The van der Waals surface area contributed by atoms with E-state index in [0.717, 1.165) is 36.0 Å².